The SMILES string of the molecule is CCOC(C)(C)C(N)c1cnnn1-c1ccccc1. The summed E-state index contributed by atoms with van der Waals surface area (Å²) in [4.78, 5) is 0. The standard InChI is InChI=1S/C14H20N4O/c1-4-19-14(2,3)13(15)12-10-16-17-18(12)11-8-6-5-7-9-11/h5-10,13H,4,15H2,1-3H3. The maximum Gasteiger partial charge on any atom is 0.0842 e. The molecule has 102 valence electrons. The van der Waals surface area contributed by atoms with Gasteiger partial charge in [-0.25, -0.2) is 4.68 Å². The second-order valence-corrected chi connectivity index (χ2v) is 4.92. The number of ether oxygens (including phenoxy) is 1. The second kappa shape index (κ2) is 5.50. The van der Waals surface area contributed by atoms with Crippen LogP contribution in [0.2, 0.25) is 0 Å². The van der Waals surface area contributed by atoms with E-state index in [2.05, 4.69) is 10.3 Å². The zero-order chi connectivity index (χ0) is 13.9. The Hall–Kier alpha value is -1.72. The summed E-state index contributed by atoms with van der Waals surface area (Å²) in [5.41, 5.74) is 7.63. The Labute approximate surface area is 113 Å². The van der Waals surface area contributed by atoms with Gasteiger partial charge in [0, 0.05) is 6.61 Å². The Bertz CT molecular complexity index is 521. The molecule has 0 aliphatic carbocycles. The molecule has 0 spiro atoms. The molecule has 1 unspecified atom stereocenters. The first kappa shape index (κ1) is 13.7. The van der Waals surface area contributed by atoms with Gasteiger partial charge in [0.25, 0.3) is 0 Å². The average Bonchev–Trinajstić information content (AvgIpc) is 2.87. The monoisotopic (exact) mass is 260 g/mol. The number of nitrogens with zero attached hydrogens (tertiary/aromatic N) is 3. The molecule has 1 heterocycles. The number of nitrogens with two attached hydrogens (primary N) is 1. The van der Waals surface area contributed by atoms with Crippen molar-refractivity contribution in [3.63, 3.8) is 0 Å². The van der Waals surface area contributed by atoms with Gasteiger partial charge in [-0.15, -0.1) is 5.10 Å². The van der Waals surface area contributed by atoms with Crippen LogP contribution in [0.4, 0.5) is 0 Å². The predicted molar refractivity (Wildman–Crippen MR) is 74.0 cm³/mol. The highest BCUT2D eigenvalue weighted by Crippen LogP contribution is 2.27. The molecule has 5 nitrogen and oxygen atoms in total. The highest BCUT2D eigenvalue weighted by molar-refractivity contribution is 5.32. The van der Waals surface area contributed by atoms with Crippen LogP contribution in [-0.4, -0.2) is 27.2 Å². The van der Waals surface area contributed by atoms with E-state index in [0.29, 0.717) is 6.61 Å². The molecule has 0 radical (unpaired) electrons. The highest BCUT2D eigenvalue weighted by atomic mass is 16.5. The summed E-state index contributed by atoms with van der Waals surface area (Å²) in [6.45, 7) is 6.53. The molecule has 0 saturated heterocycles. The maximum absolute atomic E-state index is 6.32. The van der Waals surface area contributed by atoms with Gasteiger partial charge in [0.1, 0.15) is 0 Å². The van der Waals surface area contributed by atoms with Crippen LogP contribution in [-0.2, 0) is 4.74 Å². The number of hydrogen-bond donors (Lipinski definition) is 1. The fourth-order valence-electron chi connectivity index (χ4n) is 2.04. The van der Waals surface area contributed by atoms with Crippen LogP contribution in [0.1, 0.15) is 32.5 Å². The van der Waals surface area contributed by atoms with Gasteiger partial charge in [0.15, 0.2) is 0 Å². The fraction of sp³-hybridized carbons (Fsp3) is 0.429. The van der Waals surface area contributed by atoms with E-state index in [-0.39, 0.29) is 6.04 Å². The summed E-state index contributed by atoms with van der Waals surface area (Å²) >= 11 is 0. The number of benzene rings is 1. The molecule has 0 aliphatic rings. The molecule has 0 saturated carbocycles. The first-order valence-electron chi connectivity index (χ1n) is 6.42. The van der Waals surface area contributed by atoms with Crippen LogP contribution < -0.4 is 5.73 Å². The van der Waals surface area contributed by atoms with Crippen LogP contribution in [0.5, 0.6) is 0 Å². The van der Waals surface area contributed by atoms with Crippen molar-refractivity contribution in [3.05, 3.63) is 42.2 Å². The zero-order valence-corrected chi connectivity index (χ0v) is 11.6. The Morgan fingerprint density at radius 3 is 2.63 bits per heavy atom. The first-order valence-corrected chi connectivity index (χ1v) is 6.42. The molecule has 1 aromatic carbocycles. The van der Waals surface area contributed by atoms with E-state index in [0.717, 1.165) is 11.4 Å². The summed E-state index contributed by atoms with van der Waals surface area (Å²) in [6.07, 6.45) is 1.69. The molecule has 19 heavy (non-hydrogen) atoms. The summed E-state index contributed by atoms with van der Waals surface area (Å²) in [7, 11) is 0. The third-order valence-corrected chi connectivity index (χ3v) is 3.16. The van der Waals surface area contributed by atoms with Crippen molar-refractivity contribution in [1.29, 1.82) is 0 Å². The van der Waals surface area contributed by atoms with Crippen LogP contribution in [0, 0.1) is 0 Å². The minimum absolute atomic E-state index is 0.303. The molecule has 5 heteroatoms. The van der Waals surface area contributed by atoms with Crippen LogP contribution in [0.3, 0.4) is 0 Å². The van der Waals surface area contributed by atoms with Crippen LogP contribution in [0.15, 0.2) is 36.5 Å². The lowest BCUT2D eigenvalue weighted by Crippen LogP contribution is -2.39. The van der Waals surface area contributed by atoms with Gasteiger partial charge in [-0.1, -0.05) is 23.4 Å². The third-order valence-electron chi connectivity index (χ3n) is 3.16. The van der Waals surface area contributed by atoms with E-state index in [4.69, 9.17) is 10.5 Å². The van der Waals surface area contributed by atoms with Gasteiger partial charge in [-0.05, 0) is 32.9 Å². The van der Waals surface area contributed by atoms with E-state index in [9.17, 15) is 0 Å². The molecule has 2 N–H and O–H groups in total. The average molecular weight is 260 g/mol. The number of aromatic nitrogens is 3. The predicted octanol–water partition coefficient (Wildman–Crippen LogP) is 2.08. The molecule has 0 bridgehead atoms. The van der Waals surface area contributed by atoms with Crippen molar-refractivity contribution >= 4 is 0 Å². The van der Waals surface area contributed by atoms with Gasteiger partial charge in [-0.2, -0.15) is 0 Å². The fourth-order valence-corrected chi connectivity index (χ4v) is 2.04. The molecule has 0 aliphatic heterocycles. The van der Waals surface area contributed by atoms with Gasteiger partial charge in [0.05, 0.1) is 29.2 Å². The topological polar surface area (TPSA) is 66.0 Å². The van der Waals surface area contributed by atoms with Crippen molar-refractivity contribution in [3.8, 4) is 5.69 Å². The van der Waals surface area contributed by atoms with E-state index < -0.39 is 5.60 Å². The lowest BCUT2D eigenvalue weighted by atomic mass is 9.96. The second-order valence-electron chi connectivity index (χ2n) is 4.92. The third kappa shape index (κ3) is 2.83. The first-order chi connectivity index (χ1) is 9.06. The molecule has 1 aromatic heterocycles. The van der Waals surface area contributed by atoms with E-state index >= 15 is 0 Å². The normalized spacial score (nSPS) is 13.5. The van der Waals surface area contributed by atoms with E-state index in [1.807, 2.05) is 51.1 Å². The molecule has 2 aromatic rings. The van der Waals surface area contributed by atoms with Crippen molar-refractivity contribution < 1.29 is 4.74 Å². The van der Waals surface area contributed by atoms with Gasteiger partial charge in [-0.3, -0.25) is 0 Å². The van der Waals surface area contributed by atoms with Crippen molar-refractivity contribution in [2.24, 2.45) is 5.73 Å². The van der Waals surface area contributed by atoms with Gasteiger partial charge in [0.2, 0.25) is 0 Å². The molecule has 1 atom stereocenters. The maximum atomic E-state index is 6.32. The molecular formula is C14H20N4O. The zero-order valence-electron chi connectivity index (χ0n) is 11.6. The lowest BCUT2D eigenvalue weighted by molar-refractivity contribution is -0.0311. The smallest absolute Gasteiger partial charge is 0.0842 e. The van der Waals surface area contributed by atoms with Crippen LogP contribution >= 0.6 is 0 Å². The number of rotatable bonds is 5. The molecule has 0 amide bonds. The van der Waals surface area contributed by atoms with Crippen molar-refractivity contribution in [2.45, 2.75) is 32.4 Å². The molecule has 2 rings (SSSR count). The highest BCUT2D eigenvalue weighted by Gasteiger charge is 2.31. The van der Waals surface area contributed by atoms with Crippen molar-refractivity contribution in [1.82, 2.24) is 15.0 Å². The Kier molecular flexibility index (Phi) is 3.97. The number of para-hydroxylation sites is 1. The van der Waals surface area contributed by atoms with Gasteiger partial charge >= 0.3 is 0 Å². The Morgan fingerprint density at radius 1 is 1.32 bits per heavy atom. The summed E-state index contributed by atoms with van der Waals surface area (Å²) in [5.74, 6) is 0. The molecular weight excluding hydrogens is 240 g/mol. The Balaban J connectivity index is 2.35. The molecule has 0 fully saturated rings. The lowest BCUT2D eigenvalue weighted by Gasteiger charge is -2.31. The minimum atomic E-state index is -0.469. The summed E-state index contributed by atoms with van der Waals surface area (Å²) in [5, 5.41) is 8.08. The Morgan fingerprint density at radius 2 is 2.00 bits per heavy atom. The summed E-state index contributed by atoms with van der Waals surface area (Å²) in [6, 6.07) is 9.52. The quantitative estimate of drug-likeness (QED) is 0.894. The van der Waals surface area contributed by atoms with Gasteiger partial charge < -0.3 is 10.5 Å². The van der Waals surface area contributed by atoms with E-state index in [1.165, 1.54) is 0 Å². The minimum Gasteiger partial charge on any atom is -0.374 e. The summed E-state index contributed by atoms with van der Waals surface area (Å²) < 4.78 is 7.47. The van der Waals surface area contributed by atoms with Crippen LogP contribution in [0.25, 0.3) is 5.69 Å². The largest absolute Gasteiger partial charge is 0.374 e. The number of hydrogen-bond acceptors (Lipinski definition) is 4. The van der Waals surface area contributed by atoms with Crippen molar-refractivity contribution in [2.75, 3.05) is 6.61 Å². The van der Waals surface area contributed by atoms with E-state index in [1.54, 1.807) is 10.9 Å².